The molecule has 0 aromatic heterocycles. The molecule has 17 heteroatoms. The summed E-state index contributed by atoms with van der Waals surface area (Å²) in [6.07, 6.45) is -10.5. The maximum atomic E-state index is 12.1. The highest BCUT2D eigenvalue weighted by molar-refractivity contribution is 6.49. The Kier molecular flexibility index (Phi) is 11.5. The Morgan fingerprint density at radius 2 is 1.20 bits per heavy atom. The van der Waals surface area contributed by atoms with Gasteiger partial charge in [0.1, 0.15) is 31.5 Å². The van der Waals surface area contributed by atoms with Crippen LogP contribution in [0.1, 0.15) is 34.6 Å². The summed E-state index contributed by atoms with van der Waals surface area (Å²) >= 11 is 19.7. The monoisotopic (exact) mass is 648 g/mol. The number of halogens is 3. The van der Waals surface area contributed by atoms with Crippen molar-refractivity contribution in [2.24, 2.45) is 5.92 Å². The van der Waals surface area contributed by atoms with Crippen molar-refractivity contribution >= 4 is 64.6 Å². The van der Waals surface area contributed by atoms with E-state index in [9.17, 15) is 24.0 Å². The number of esters is 5. The van der Waals surface area contributed by atoms with Gasteiger partial charge in [0, 0.05) is 34.6 Å². The first-order valence-electron chi connectivity index (χ1n) is 12.5. The topological polar surface area (TPSA) is 168 Å². The largest absolute Gasteiger partial charge is 0.463 e. The van der Waals surface area contributed by atoms with Crippen molar-refractivity contribution in [3.05, 3.63) is 0 Å². The first-order valence-corrected chi connectivity index (χ1v) is 13.7. The molecule has 14 nitrogen and oxygen atoms in total. The van der Waals surface area contributed by atoms with Crippen LogP contribution in [0, 0.1) is 5.92 Å². The van der Waals surface area contributed by atoms with E-state index in [2.05, 4.69) is 0 Å². The van der Waals surface area contributed by atoms with E-state index in [0.29, 0.717) is 0 Å². The normalized spacial score (nSPS) is 35.9. The fraction of sp³-hybridized carbons (Fsp3) is 0.792. The molecule has 10 atom stereocenters. The van der Waals surface area contributed by atoms with Crippen molar-refractivity contribution in [1.82, 2.24) is 0 Å². The van der Waals surface area contributed by atoms with Crippen LogP contribution in [0.2, 0.25) is 0 Å². The van der Waals surface area contributed by atoms with Gasteiger partial charge in [0.15, 0.2) is 35.2 Å². The molecule has 3 saturated heterocycles. The van der Waals surface area contributed by atoms with Crippen LogP contribution in [0.25, 0.3) is 0 Å². The Morgan fingerprint density at radius 3 is 1.71 bits per heavy atom. The standard InChI is InChI=1S/C24H31Cl3O14/c1-9(28)33-6-14-18(17(25)16-22(39-14)35-8-24(16,26)27)41-23-21(38-13(5)32)20(37-12(4)31)19(36-11(3)30)15(40-23)7-34-10(2)29/h14-23H,6-8H2,1-5H3/t14-,15-,16-,17?,18-,19+,20+,21-,22+,23+/m1/s1. The SMILES string of the molecule is CC(=O)OC[C@H]1O[C@@H](O[C@H]2C(Cl)[C@@H]3[C@@H](OCC3(Cl)Cl)O[C@@H]2COC(C)=O)[C@H](OC(C)=O)[C@@H](OC(C)=O)[C@H]1OC(C)=O. The second-order valence-corrected chi connectivity index (χ2v) is 11.6. The van der Waals surface area contributed by atoms with Gasteiger partial charge in [-0.3, -0.25) is 24.0 Å². The zero-order valence-electron chi connectivity index (χ0n) is 22.7. The van der Waals surface area contributed by atoms with Crippen LogP contribution in [0.15, 0.2) is 0 Å². The van der Waals surface area contributed by atoms with E-state index in [1.807, 2.05) is 0 Å². The number of hydrogen-bond donors (Lipinski definition) is 0. The Labute approximate surface area is 250 Å². The molecule has 0 aliphatic carbocycles. The van der Waals surface area contributed by atoms with Gasteiger partial charge >= 0.3 is 29.8 Å². The molecule has 1 unspecified atom stereocenters. The molecule has 0 radical (unpaired) electrons. The summed E-state index contributed by atoms with van der Waals surface area (Å²) in [5, 5.41) is -1.04. The van der Waals surface area contributed by atoms with Crippen molar-refractivity contribution in [3.63, 3.8) is 0 Å². The van der Waals surface area contributed by atoms with Gasteiger partial charge in [0.2, 0.25) is 0 Å². The molecule has 0 aromatic carbocycles. The second kappa shape index (κ2) is 14.0. The van der Waals surface area contributed by atoms with Crippen LogP contribution < -0.4 is 0 Å². The van der Waals surface area contributed by atoms with Crippen LogP contribution in [-0.2, 0) is 66.6 Å². The first kappa shape index (κ1) is 33.6. The Balaban J connectivity index is 2.02. The summed E-state index contributed by atoms with van der Waals surface area (Å²) < 4.78 is 48.6. The van der Waals surface area contributed by atoms with Gasteiger partial charge in [-0.15, -0.1) is 11.6 Å². The van der Waals surface area contributed by atoms with E-state index in [4.69, 9.17) is 77.4 Å². The number of carbonyl (C=O) groups excluding carboxylic acids is 5. The minimum atomic E-state index is -1.58. The second-order valence-electron chi connectivity index (χ2n) is 9.56. The molecular weight excluding hydrogens is 619 g/mol. The minimum Gasteiger partial charge on any atom is -0.463 e. The van der Waals surface area contributed by atoms with Crippen LogP contribution in [-0.4, -0.2) is 109 Å². The lowest BCUT2D eigenvalue weighted by Gasteiger charge is -2.48. The summed E-state index contributed by atoms with van der Waals surface area (Å²) in [5.41, 5.74) is 0. The fourth-order valence-electron chi connectivity index (χ4n) is 4.71. The number of fused-ring (bicyclic) bond motifs is 1. The van der Waals surface area contributed by atoms with Gasteiger partial charge in [-0.05, 0) is 0 Å². The van der Waals surface area contributed by atoms with Crippen molar-refractivity contribution in [2.75, 3.05) is 19.8 Å². The zero-order chi connectivity index (χ0) is 30.6. The quantitative estimate of drug-likeness (QED) is 0.198. The van der Waals surface area contributed by atoms with E-state index >= 15 is 0 Å². The molecule has 0 bridgehead atoms. The number of carbonyl (C=O) groups is 5. The van der Waals surface area contributed by atoms with E-state index < -0.39 is 101 Å². The average molecular weight is 650 g/mol. The highest BCUT2D eigenvalue weighted by Crippen LogP contribution is 2.49. The third-order valence-electron chi connectivity index (χ3n) is 6.24. The Bertz CT molecular complexity index is 1010. The third-order valence-corrected chi connectivity index (χ3v) is 7.49. The third kappa shape index (κ3) is 8.55. The Hall–Kier alpha value is -1.94. The van der Waals surface area contributed by atoms with Gasteiger partial charge in [-0.25, -0.2) is 0 Å². The number of ether oxygens (including phenoxy) is 9. The van der Waals surface area contributed by atoms with Crippen molar-refractivity contribution < 1.29 is 66.6 Å². The van der Waals surface area contributed by atoms with Crippen LogP contribution >= 0.6 is 34.8 Å². The van der Waals surface area contributed by atoms with E-state index in [1.165, 1.54) is 6.92 Å². The first-order chi connectivity index (χ1) is 19.1. The van der Waals surface area contributed by atoms with Gasteiger partial charge < -0.3 is 42.6 Å². The van der Waals surface area contributed by atoms with E-state index in [-0.39, 0.29) is 13.2 Å². The predicted octanol–water partition coefficient (Wildman–Crippen LogP) is 1.17. The number of rotatable bonds is 9. The van der Waals surface area contributed by atoms with E-state index in [0.717, 1.165) is 27.7 Å². The van der Waals surface area contributed by atoms with Crippen LogP contribution in [0.3, 0.4) is 0 Å². The highest BCUT2D eigenvalue weighted by atomic mass is 35.5. The molecule has 3 aliphatic rings. The van der Waals surface area contributed by atoms with Gasteiger partial charge in [0.05, 0.1) is 17.9 Å². The highest BCUT2D eigenvalue weighted by Gasteiger charge is 2.61. The smallest absolute Gasteiger partial charge is 0.303 e. The zero-order valence-corrected chi connectivity index (χ0v) is 25.0. The molecule has 3 fully saturated rings. The predicted molar refractivity (Wildman–Crippen MR) is 136 cm³/mol. The molecule has 3 rings (SSSR count). The molecule has 0 aromatic rings. The van der Waals surface area contributed by atoms with Crippen molar-refractivity contribution in [2.45, 2.75) is 93.5 Å². The average Bonchev–Trinajstić information content (AvgIpc) is 3.15. The molecule has 0 saturated carbocycles. The molecule has 41 heavy (non-hydrogen) atoms. The van der Waals surface area contributed by atoms with Crippen molar-refractivity contribution in [1.29, 1.82) is 0 Å². The van der Waals surface area contributed by atoms with E-state index in [1.54, 1.807) is 0 Å². The van der Waals surface area contributed by atoms with Gasteiger partial charge in [-0.2, -0.15) is 0 Å². The maximum absolute atomic E-state index is 12.1. The fourth-order valence-corrected chi connectivity index (χ4v) is 6.00. The van der Waals surface area contributed by atoms with Crippen molar-refractivity contribution in [3.8, 4) is 0 Å². The van der Waals surface area contributed by atoms with Crippen LogP contribution in [0.5, 0.6) is 0 Å². The lowest BCUT2D eigenvalue weighted by atomic mass is 9.91. The van der Waals surface area contributed by atoms with Crippen LogP contribution in [0.4, 0.5) is 0 Å². The Morgan fingerprint density at radius 1 is 0.707 bits per heavy atom. The molecule has 0 spiro atoms. The van der Waals surface area contributed by atoms with Gasteiger partial charge in [-0.1, -0.05) is 23.2 Å². The summed E-state index contributed by atoms with van der Waals surface area (Å²) in [5.74, 6) is -4.58. The molecular formula is C24H31Cl3O14. The summed E-state index contributed by atoms with van der Waals surface area (Å²) in [6, 6.07) is 0. The minimum absolute atomic E-state index is 0.124. The summed E-state index contributed by atoms with van der Waals surface area (Å²) in [7, 11) is 0. The summed E-state index contributed by atoms with van der Waals surface area (Å²) in [4.78, 5) is 59.3. The maximum Gasteiger partial charge on any atom is 0.303 e. The van der Waals surface area contributed by atoms with Gasteiger partial charge in [0.25, 0.3) is 0 Å². The molecule has 0 N–H and O–H groups in total. The number of hydrogen-bond acceptors (Lipinski definition) is 14. The molecule has 232 valence electrons. The lowest BCUT2D eigenvalue weighted by molar-refractivity contribution is -0.335. The molecule has 3 heterocycles. The summed E-state index contributed by atoms with van der Waals surface area (Å²) in [6.45, 7) is 4.67. The molecule has 3 aliphatic heterocycles. The molecule has 0 amide bonds. The number of alkyl halides is 3. The lowest BCUT2D eigenvalue weighted by Crippen LogP contribution is -2.65.